The van der Waals surface area contributed by atoms with E-state index in [4.69, 9.17) is 9.52 Å². The quantitative estimate of drug-likeness (QED) is 0.413. The molecule has 1 atom stereocenters. The van der Waals surface area contributed by atoms with Crippen LogP contribution in [0.25, 0.3) is 16.8 Å². The minimum absolute atomic E-state index is 0.0267. The molecule has 1 N–H and O–H groups in total. The van der Waals surface area contributed by atoms with Crippen LogP contribution in [0.15, 0.2) is 61.4 Å². The van der Waals surface area contributed by atoms with Crippen molar-refractivity contribution < 1.29 is 32.2 Å². The van der Waals surface area contributed by atoms with Crippen LogP contribution < -0.4 is 21.7 Å². The normalized spacial score (nSPS) is 15.5. The fraction of sp³-hybridized carbons (Fsp3) is 0.250. The third-order valence-corrected chi connectivity index (χ3v) is 6.43. The third kappa shape index (κ3) is 4.01. The molecule has 0 bridgehead atoms. The fourth-order valence-corrected chi connectivity index (χ4v) is 4.80. The van der Waals surface area contributed by atoms with Crippen LogP contribution >= 0.6 is 0 Å². The van der Waals surface area contributed by atoms with Crippen molar-refractivity contribution in [3.8, 4) is 11.4 Å². The Kier molecular flexibility index (Phi) is 5.57. The lowest BCUT2D eigenvalue weighted by molar-refractivity contribution is -0.138. The van der Waals surface area contributed by atoms with E-state index in [1.807, 2.05) is 0 Å². The number of ether oxygens (including phenoxy) is 1. The summed E-state index contributed by atoms with van der Waals surface area (Å²) in [4.78, 5) is 50.0. The fourth-order valence-electron chi connectivity index (χ4n) is 4.80. The lowest BCUT2D eigenvalue weighted by Gasteiger charge is -2.29. The smallest absolute Gasteiger partial charge is 0.449 e. The number of alkyl halides is 3. The van der Waals surface area contributed by atoms with Crippen LogP contribution in [0.1, 0.15) is 35.6 Å². The van der Waals surface area contributed by atoms with E-state index in [9.17, 15) is 32.3 Å². The first kappa shape index (κ1) is 24.2. The van der Waals surface area contributed by atoms with Crippen molar-refractivity contribution in [3.63, 3.8) is 0 Å². The Hall–Kier alpha value is -4.55. The molecule has 0 aliphatic heterocycles. The SMILES string of the molecule is Cn1c(=O)oc2cc(-n3cc(OC(=O)O)c(=O)n(C4CCCc5c4cccc5C(F)(F)F)c3=O)ccc21. The molecule has 0 saturated carbocycles. The van der Waals surface area contributed by atoms with E-state index in [-0.39, 0.29) is 41.7 Å². The molecule has 4 aromatic rings. The highest BCUT2D eigenvalue weighted by Crippen LogP contribution is 2.40. The number of benzene rings is 2. The Balaban J connectivity index is 1.77. The largest absolute Gasteiger partial charge is 0.511 e. The van der Waals surface area contributed by atoms with E-state index in [2.05, 4.69) is 4.74 Å². The lowest BCUT2D eigenvalue weighted by atomic mass is 9.84. The van der Waals surface area contributed by atoms with Crippen LogP contribution in [0.2, 0.25) is 0 Å². The van der Waals surface area contributed by atoms with Gasteiger partial charge in [-0.25, -0.2) is 19.0 Å². The highest BCUT2D eigenvalue weighted by atomic mass is 19.4. The first-order chi connectivity index (χ1) is 17.5. The number of fused-ring (bicyclic) bond motifs is 2. The van der Waals surface area contributed by atoms with Gasteiger partial charge in [-0.2, -0.15) is 13.2 Å². The Bertz CT molecular complexity index is 1740. The van der Waals surface area contributed by atoms with Crippen molar-refractivity contribution >= 4 is 17.3 Å². The van der Waals surface area contributed by atoms with Gasteiger partial charge in [-0.1, -0.05) is 12.1 Å². The molecule has 5 rings (SSSR count). The molecule has 0 fully saturated rings. The molecule has 1 aliphatic rings. The number of carboxylic acid groups (broad SMARTS) is 1. The summed E-state index contributed by atoms with van der Waals surface area (Å²) in [7, 11) is 1.48. The van der Waals surface area contributed by atoms with E-state index in [1.54, 1.807) is 0 Å². The molecule has 37 heavy (non-hydrogen) atoms. The molecule has 1 unspecified atom stereocenters. The Morgan fingerprint density at radius 3 is 2.62 bits per heavy atom. The second-order valence-electron chi connectivity index (χ2n) is 8.55. The standard InChI is InChI=1S/C24H18F3N3O7/c1-28-17-9-8-12(10-18(17)36-22(28)33)29-11-19(37-23(34)35)20(31)30(21(29)32)16-7-3-4-13-14(16)5-2-6-15(13)24(25,26)27/h2,5-6,8-11,16H,3-4,7H2,1H3,(H,34,35). The molecule has 0 saturated heterocycles. The molecular formula is C24H18F3N3O7. The average Bonchev–Trinajstić information content (AvgIpc) is 3.12. The van der Waals surface area contributed by atoms with Crippen molar-refractivity contribution in [2.75, 3.05) is 0 Å². The average molecular weight is 517 g/mol. The van der Waals surface area contributed by atoms with Gasteiger partial charge >= 0.3 is 23.8 Å². The molecule has 2 aromatic heterocycles. The number of hydrogen-bond donors (Lipinski definition) is 1. The number of rotatable bonds is 3. The van der Waals surface area contributed by atoms with Crippen LogP contribution in [0, 0.1) is 0 Å². The number of aromatic nitrogens is 3. The van der Waals surface area contributed by atoms with Gasteiger partial charge in [0.2, 0.25) is 5.75 Å². The lowest BCUT2D eigenvalue weighted by Crippen LogP contribution is -2.43. The van der Waals surface area contributed by atoms with Gasteiger partial charge in [0.25, 0.3) is 5.56 Å². The van der Waals surface area contributed by atoms with Crippen molar-refractivity contribution in [1.82, 2.24) is 13.7 Å². The summed E-state index contributed by atoms with van der Waals surface area (Å²) < 4.78 is 53.6. The molecule has 0 amide bonds. The summed E-state index contributed by atoms with van der Waals surface area (Å²) in [6.45, 7) is 0. The Labute approximate surface area is 204 Å². The van der Waals surface area contributed by atoms with Gasteiger partial charge in [-0.05, 0) is 48.6 Å². The first-order valence-electron chi connectivity index (χ1n) is 11.1. The number of hydrogen-bond acceptors (Lipinski definition) is 6. The van der Waals surface area contributed by atoms with Gasteiger partial charge < -0.3 is 14.3 Å². The van der Waals surface area contributed by atoms with Gasteiger partial charge in [-0.3, -0.25) is 13.9 Å². The highest BCUT2D eigenvalue weighted by Gasteiger charge is 2.37. The minimum atomic E-state index is -4.64. The number of aryl methyl sites for hydroxylation is 1. The molecule has 192 valence electrons. The predicted octanol–water partition coefficient (Wildman–Crippen LogP) is 3.45. The minimum Gasteiger partial charge on any atom is -0.449 e. The number of carbonyl (C=O) groups is 1. The highest BCUT2D eigenvalue weighted by molar-refractivity contribution is 5.75. The van der Waals surface area contributed by atoms with Crippen LogP contribution in [0.3, 0.4) is 0 Å². The van der Waals surface area contributed by atoms with Gasteiger partial charge in [0.15, 0.2) is 5.58 Å². The first-order valence-corrected chi connectivity index (χ1v) is 11.1. The molecule has 13 heteroatoms. The maximum atomic E-state index is 13.7. The zero-order valence-electron chi connectivity index (χ0n) is 19.1. The maximum Gasteiger partial charge on any atom is 0.511 e. The van der Waals surface area contributed by atoms with E-state index in [0.717, 1.165) is 16.8 Å². The van der Waals surface area contributed by atoms with Crippen LogP contribution in [0.5, 0.6) is 5.75 Å². The van der Waals surface area contributed by atoms with E-state index in [1.165, 1.54) is 41.9 Å². The Morgan fingerprint density at radius 1 is 1.16 bits per heavy atom. The van der Waals surface area contributed by atoms with Gasteiger partial charge in [0.05, 0.1) is 29.0 Å². The predicted molar refractivity (Wildman–Crippen MR) is 122 cm³/mol. The van der Waals surface area contributed by atoms with Crippen LogP contribution in [-0.4, -0.2) is 25.0 Å². The second kappa shape index (κ2) is 8.54. The van der Waals surface area contributed by atoms with E-state index in [0.29, 0.717) is 10.1 Å². The monoisotopic (exact) mass is 517 g/mol. The third-order valence-electron chi connectivity index (χ3n) is 6.43. The van der Waals surface area contributed by atoms with Gasteiger partial charge in [0, 0.05) is 13.1 Å². The second-order valence-corrected chi connectivity index (χ2v) is 8.55. The molecule has 2 heterocycles. The van der Waals surface area contributed by atoms with E-state index >= 15 is 0 Å². The van der Waals surface area contributed by atoms with Crippen LogP contribution in [0.4, 0.5) is 18.0 Å². The van der Waals surface area contributed by atoms with Gasteiger partial charge in [0.1, 0.15) is 0 Å². The molecule has 10 nitrogen and oxygen atoms in total. The molecule has 1 aliphatic carbocycles. The summed E-state index contributed by atoms with van der Waals surface area (Å²) in [6, 6.07) is 6.72. The zero-order chi connectivity index (χ0) is 26.6. The molecule has 0 radical (unpaired) electrons. The number of oxazole rings is 1. The summed E-state index contributed by atoms with van der Waals surface area (Å²) in [6.07, 6.45) is -5.06. The van der Waals surface area contributed by atoms with Gasteiger partial charge in [-0.15, -0.1) is 0 Å². The van der Waals surface area contributed by atoms with Crippen LogP contribution in [-0.2, 0) is 19.6 Å². The van der Waals surface area contributed by atoms with E-state index < -0.39 is 46.7 Å². The van der Waals surface area contributed by atoms with Crippen molar-refractivity contribution in [2.24, 2.45) is 7.05 Å². The Morgan fingerprint density at radius 2 is 1.92 bits per heavy atom. The molecule has 2 aromatic carbocycles. The molecular weight excluding hydrogens is 499 g/mol. The summed E-state index contributed by atoms with van der Waals surface area (Å²) in [5.74, 6) is -1.38. The van der Waals surface area contributed by atoms with Crippen molar-refractivity contribution in [3.05, 3.63) is 90.7 Å². The number of nitrogens with zero attached hydrogens (tertiary/aromatic N) is 3. The van der Waals surface area contributed by atoms with Crippen molar-refractivity contribution in [2.45, 2.75) is 31.5 Å². The summed E-state index contributed by atoms with van der Waals surface area (Å²) >= 11 is 0. The maximum absolute atomic E-state index is 13.7. The zero-order valence-corrected chi connectivity index (χ0v) is 19.1. The topological polar surface area (TPSA) is 126 Å². The summed E-state index contributed by atoms with van der Waals surface area (Å²) in [5.41, 5.74) is -2.14. The van der Waals surface area contributed by atoms with Crippen molar-refractivity contribution in [1.29, 1.82) is 0 Å². The summed E-state index contributed by atoms with van der Waals surface area (Å²) in [5, 5.41) is 9.15. The molecule has 0 spiro atoms. The number of halogens is 3.